The van der Waals surface area contributed by atoms with Crippen LogP contribution >= 0.6 is 0 Å². The maximum atomic E-state index is 12.7. The van der Waals surface area contributed by atoms with E-state index in [-0.39, 0.29) is 12.3 Å². The van der Waals surface area contributed by atoms with Crippen molar-refractivity contribution >= 4 is 5.91 Å². The van der Waals surface area contributed by atoms with Crippen LogP contribution in [0.2, 0.25) is 0 Å². The lowest BCUT2D eigenvalue weighted by Crippen LogP contribution is -2.20. The Kier molecular flexibility index (Phi) is 4.26. The van der Waals surface area contributed by atoms with Crippen LogP contribution in [0.4, 0.5) is 13.2 Å². The van der Waals surface area contributed by atoms with Crippen molar-refractivity contribution in [3.8, 4) is 11.1 Å². The Morgan fingerprint density at radius 1 is 1.24 bits per heavy atom. The molecule has 0 radical (unpaired) electrons. The molecule has 2 aromatic rings. The van der Waals surface area contributed by atoms with Crippen LogP contribution in [0.1, 0.15) is 11.3 Å². The normalized spacial score (nSPS) is 11.2. The highest BCUT2D eigenvalue weighted by Gasteiger charge is 2.32. The standard InChI is InChI=1S/C15H13F3N2O/c1-19-14(21)9-10-4-2-3-5-12(10)11-6-7-20-13(8-11)15(16,17)18/h2-8H,9H2,1H3,(H,19,21). The van der Waals surface area contributed by atoms with Gasteiger partial charge in [-0.25, -0.2) is 0 Å². The summed E-state index contributed by atoms with van der Waals surface area (Å²) in [5.41, 5.74) is 0.691. The monoisotopic (exact) mass is 294 g/mol. The average molecular weight is 294 g/mol. The van der Waals surface area contributed by atoms with Crippen LogP contribution in [0.5, 0.6) is 0 Å². The molecule has 0 bridgehead atoms. The van der Waals surface area contributed by atoms with Crippen molar-refractivity contribution in [3.05, 3.63) is 53.9 Å². The second kappa shape index (κ2) is 5.95. The molecule has 21 heavy (non-hydrogen) atoms. The molecule has 1 amide bonds. The number of alkyl halides is 3. The molecule has 0 aliphatic rings. The van der Waals surface area contributed by atoms with Crippen molar-refractivity contribution in [2.75, 3.05) is 7.05 Å². The van der Waals surface area contributed by atoms with E-state index in [0.717, 1.165) is 12.3 Å². The molecular formula is C15H13F3N2O. The Morgan fingerprint density at radius 3 is 2.62 bits per heavy atom. The number of nitrogens with zero attached hydrogens (tertiary/aromatic N) is 1. The van der Waals surface area contributed by atoms with Crippen LogP contribution in [-0.2, 0) is 17.4 Å². The first kappa shape index (κ1) is 15.0. The van der Waals surface area contributed by atoms with Gasteiger partial charge in [0.05, 0.1) is 6.42 Å². The minimum absolute atomic E-state index is 0.107. The lowest BCUT2D eigenvalue weighted by Gasteiger charge is -2.11. The van der Waals surface area contributed by atoms with Gasteiger partial charge < -0.3 is 5.32 Å². The summed E-state index contributed by atoms with van der Waals surface area (Å²) in [6.45, 7) is 0. The summed E-state index contributed by atoms with van der Waals surface area (Å²) < 4.78 is 38.2. The summed E-state index contributed by atoms with van der Waals surface area (Å²) in [4.78, 5) is 14.8. The molecule has 0 aliphatic heterocycles. The van der Waals surface area contributed by atoms with Crippen molar-refractivity contribution in [3.63, 3.8) is 0 Å². The Bertz CT molecular complexity index is 653. The fourth-order valence-corrected chi connectivity index (χ4v) is 1.97. The van der Waals surface area contributed by atoms with Crippen molar-refractivity contribution in [1.82, 2.24) is 10.3 Å². The predicted octanol–water partition coefficient (Wildman–Crippen LogP) is 3.06. The fourth-order valence-electron chi connectivity index (χ4n) is 1.97. The van der Waals surface area contributed by atoms with Crippen molar-refractivity contribution in [1.29, 1.82) is 0 Å². The molecule has 0 fully saturated rings. The van der Waals surface area contributed by atoms with Gasteiger partial charge in [0.1, 0.15) is 5.69 Å². The van der Waals surface area contributed by atoms with Gasteiger partial charge in [-0.05, 0) is 28.8 Å². The zero-order valence-corrected chi connectivity index (χ0v) is 11.2. The molecule has 3 nitrogen and oxygen atoms in total. The predicted molar refractivity (Wildman–Crippen MR) is 72.4 cm³/mol. The molecule has 0 saturated carbocycles. The van der Waals surface area contributed by atoms with Crippen molar-refractivity contribution in [2.24, 2.45) is 0 Å². The number of carbonyl (C=O) groups is 1. The third-order valence-electron chi connectivity index (χ3n) is 3.01. The zero-order chi connectivity index (χ0) is 15.5. The Balaban J connectivity index is 2.45. The molecule has 110 valence electrons. The highest BCUT2D eigenvalue weighted by Crippen LogP contribution is 2.31. The number of benzene rings is 1. The summed E-state index contributed by atoms with van der Waals surface area (Å²) >= 11 is 0. The largest absolute Gasteiger partial charge is 0.433 e. The lowest BCUT2D eigenvalue weighted by molar-refractivity contribution is -0.141. The van der Waals surface area contributed by atoms with E-state index in [9.17, 15) is 18.0 Å². The summed E-state index contributed by atoms with van der Waals surface area (Å²) in [7, 11) is 1.51. The Hall–Kier alpha value is -2.37. The van der Waals surface area contributed by atoms with E-state index in [1.807, 2.05) is 0 Å². The van der Waals surface area contributed by atoms with Crippen LogP contribution in [0.3, 0.4) is 0 Å². The van der Waals surface area contributed by atoms with Gasteiger partial charge in [-0.1, -0.05) is 24.3 Å². The highest BCUT2D eigenvalue weighted by molar-refractivity contribution is 5.81. The number of nitrogens with one attached hydrogen (secondary N) is 1. The fraction of sp³-hybridized carbons (Fsp3) is 0.200. The number of rotatable bonds is 3. The van der Waals surface area contributed by atoms with Gasteiger partial charge in [-0.15, -0.1) is 0 Å². The van der Waals surface area contributed by atoms with E-state index in [1.54, 1.807) is 24.3 Å². The minimum Gasteiger partial charge on any atom is -0.359 e. The van der Waals surface area contributed by atoms with Crippen molar-refractivity contribution in [2.45, 2.75) is 12.6 Å². The van der Waals surface area contributed by atoms with Crippen LogP contribution in [-0.4, -0.2) is 17.9 Å². The minimum atomic E-state index is -4.49. The number of halogens is 3. The first-order valence-corrected chi connectivity index (χ1v) is 6.24. The van der Waals surface area contributed by atoms with E-state index in [4.69, 9.17) is 0 Å². The van der Waals surface area contributed by atoms with E-state index in [1.165, 1.54) is 13.1 Å². The van der Waals surface area contributed by atoms with Crippen LogP contribution in [0, 0.1) is 0 Å². The first-order valence-electron chi connectivity index (χ1n) is 6.24. The molecule has 0 saturated heterocycles. The number of amides is 1. The number of hydrogen-bond donors (Lipinski definition) is 1. The third-order valence-corrected chi connectivity index (χ3v) is 3.01. The van der Waals surface area contributed by atoms with Gasteiger partial charge >= 0.3 is 6.18 Å². The van der Waals surface area contributed by atoms with E-state index in [2.05, 4.69) is 10.3 Å². The number of pyridine rings is 1. The third kappa shape index (κ3) is 3.59. The molecule has 6 heteroatoms. The topological polar surface area (TPSA) is 42.0 Å². The van der Waals surface area contributed by atoms with Gasteiger partial charge in [0, 0.05) is 13.2 Å². The van der Waals surface area contributed by atoms with Crippen LogP contribution < -0.4 is 5.32 Å². The molecule has 1 N–H and O–H groups in total. The molecular weight excluding hydrogens is 281 g/mol. The van der Waals surface area contributed by atoms with Gasteiger partial charge in [0.25, 0.3) is 0 Å². The second-order valence-corrected chi connectivity index (χ2v) is 4.43. The molecule has 0 spiro atoms. The molecule has 1 heterocycles. The van der Waals surface area contributed by atoms with Crippen LogP contribution in [0.25, 0.3) is 11.1 Å². The van der Waals surface area contributed by atoms with Crippen LogP contribution in [0.15, 0.2) is 42.6 Å². The summed E-state index contributed by atoms with van der Waals surface area (Å²) in [6.07, 6.45) is -3.27. The maximum absolute atomic E-state index is 12.7. The highest BCUT2D eigenvalue weighted by atomic mass is 19.4. The second-order valence-electron chi connectivity index (χ2n) is 4.43. The first-order chi connectivity index (χ1) is 9.91. The summed E-state index contributed by atoms with van der Waals surface area (Å²) in [5, 5.41) is 2.50. The van der Waals surface area contributed by atoms with Gasteiger partial charge in [0.2, 0.25) is 5.91 Å². The van der Waals surface area contributed by atoms with Gasteiger partial charge in [0.15, 0.2) is 0 Å². The number of aromatic nitrogens is 1. The van der Waals surface area contributed by atoms with Crippen molar-refractivity contribution < 1.29 is 18.0 Å². The van der Waals surface area contributed by atoms with E-state index >= 15 is 0 Å². The quantitative estimate of drug-likeness (QED) is 0.945. The zero-order valence-electron chi connectivity index (χ0n) is 11.2. The van der Waals surface area contributed by atoms with Gasteiger partial charge in [-0.2, -0.15) is 13.2 Å². The number of hydrogen-bond acceptors (Lipinski definition) is 2. The average Bonchev–Trinajstić information content (AvgIpc) is 2.47. The SMILES string of the molecule is CNC(=O)Cc1ccccc1-c1ccnc(C(F)(F)F)c1. The Morgan fingerprint density at radius 2 is 1.95 bits per heavy atom. The maximum Gasteiger partial charge on any atom is 0.433 e. The summed E-state index contributed by atoms with van der Waals surface area (Å²) in [6, 6.07) is 9.36. The number of carbonyl (C=O) groups excluding carboxylic acids is 1. The molecule has 0 atom stereocenters. The molecule has 2 rings (SSSR count). The number of likely N-dealkylation sites (N-methyl/N-ethyl adjacent to an activating group) is 1. The molecule has 1 aromatic heterocycles. The van der Waals surface area contributed by atoms with Gasteiger partial charge in [-0.3, -0.25) is 9.78 Å². The molecule has 1 aromatic carbocycles. The van der Waals surface area contributed by atoms with E-state index < -0.39 is 11.9 Å². The smallest absolute Gasteiger partial charge is 0.359 e. The molecule has 0 unspecified atom stereocenters. The molecule has 0 aliphatic carbocycles. The summed E-state index contributed by atoms with van der Waals surface area (Å²) in [5.74, 6) is -0.201. The Labute approximate surface area is 119 Å². The van der Waals surface area contributed by atoms with E-state index in [0.29, 0.717) is 16.7 Å². The lowest BCUT2D eigenvalue weighted by atomic mass is 9.97.